The minimum absolute atomic E-state index is 0.0600. The monoisotopic (exact) mass is 420 g/mol. The van der Waals surface area contributed by atoms with E-state index in [1.54, 1.807) is 0 Å². The number of rotatable bonds is 4. The molecule has 0 aromatic carbocycles. The van der Waals surface area contributed by atoms with E-state index in [0.29, 0.717) is 29.6 Å². The highest BCUT2D eigenvalue weighted by Gasteiger charge is 2.67. The van der Waals surface area contributed by atoms with E-state index in [1.165, 1.54) is 0 Å². The molecule has 0 aliphatic heterocycles. The molecule has 172 valence electrons. The molecule has 13 atom stereocenters. The summed E-state index contributed by atoms with van der Waals surface area (Å²) in [7, 11) is 0. The summed E-state index contributed by atoms with van der Waals surface area (Å²) in [4.78, 5) is 11.2. The Balaban J connectivity index is 1.66. The molecule has 4 rings (SSSR count). The molecule has 0 aromatic heterocycles. The Kier molecular flexibility index (Phi) is 5.95. The van der Waals surface area contributed by atoms with Crippen LogP contribution in [0, 0.1) is 58.2 Å². The Morgan fingerprint density at radius 2 is 1.70 bits per heavy atom. The van der Waals surface area contributed by atoms with Crippen molar-refractivity contribution in [3.8, 4) is 0 Å². The first kappa shape index (κ1) is 22.7. The zero-order chi connectivity index (χ0) is 22.0. The van der Waals surface area contributed by atoms with Gasteiger partial charge >= 0.3 is 0 Å². The Hall–Kier alpha value is -0.450. The van der Waals surface area contributed by atoms with E-state index < -0.39 is 0 Å². The van der Waals surface area contributed by atoms with Crippen molar-refractivity contribution in [1.82, 2.24) is 0 Å². The van der Waals surface area contributed by atoms with Crippen molar-refractivity contribution in [1.29, 1.82) is 0 Å². The van der Waals surface area contributed by atoms with Crippen LogP contribution in [0.5, 0.6) is 0 Å². The molecule has 4 saturated carbocycles. The van der Waals surface area contributed by atoms with Crippen LogP contribution in [0.3, 0.4) is 0 Å². The van der Waals surface area contributed by atoms with Crippen LogP contribution in [0.1, 0.15) is 79.6 Å². The Bertz CT molecular complexity index is 651. The Morgan fingerprint density at radius 3 is 2.37 bits per heavy atom. The number of fused-ring (bicyclic) bond motifs is 5. The van der Waals surface area contributed by atoms with Crippen molar-refractivity contribution >= 4 is 6.29 Å². The van der Waals surface area contributed by atoms with Crippen molar-refractivity contribution in [3.63, 3.8) is 0 Å². The SMILES string of the molecule is C[C@H](C[C@@H](C)C=O)[C@H]1CCC2C3C(C[C@H](O)[C@@]21C)[C@@]1(C)CC[C@@H](O)CC1[C@@H](C)[C@@H]3O. The van der Waals surface area contributed by atoms with Gasteiger partial charge < -0.3 is 20.1 Å². The van der Waals surface area contributed by atoms with Crippen LogP contribution in [0.2, 0.25) is 0 Å². The molecule has 4 aliphatic rings. The van der Waals surface area contributed by atoms with Crippen molar-refractivity contribution in [2.45, 2.75) is 97.9 Å². The highest BCUT2D eigenvalue weighted by Crippen LogP contribution is 2.69. The van der Waals surface area contributed by atoms with E-state index in [0.717, 1.165) is 51.2 Å². The van der Waals surface area contributed by atoms with Gasteiger partial charge in [0.25, 0.3) is 0 Å². The number of aliphatic hydroxyl groups is 3. The summed E-state index contributed by atoms with van der Waals surface area (Å²) in [6.45, 7) is 11.1. The molecule has 0 amide bonds. The summed E-state index contributed by atoms with van der Waals surface area (Å²) in [5, 5.41) is 33.5. The maximum absolute atomic E-state index is 11.6. The average molecular weight is 421 g/mol. The van der Waals surface area contributed by atoms with E-state index in [9.17, 15) is 20.1 Å². The lowest BCUT2D eigenvalue weighted by molar-refractivity contribution is -0.225. The van der Waals surface area contributed by atoms with Gasteiger partial charge in [0.2, 0.25) is 0 Å². The van der Waals surface area contributed by atoms with Gasteiger partial charge in [-0.15, -0.1) is 0 Å². The standard InChI is InChI=1S/C26H44O4/c1-14(13-27)10-15(2)18-6-7-19-23-21(12-22(29)26(18,19)5)25(4)9-8-17(28)11-20(25)16(3)24(23)30/h13-24,28-30H,6-12H2,1-5H3/t14-,15-,16-,17-,18-,19?,20?,21?,22+,23?,24+,25+,26-/m1/s1. The number of aliphatic hydroxyl groups excluding tert-OH is 3. The van der Waals surface area contributed by atoms with Gasteiger partial charge in [-0.25, -0.2) is 0 Å². The van der Waals surface area contributed by atoms with Gasteiger partial charge in [0.1, 0.15) is 6.29 Å². The maximum atomic E-state index is 11.6. The quantitative estimate of drug-likeness (QED) is 0.600. The van der Waals surface area contributed by atoms with E-state index in [2.05, 4.69) is 27.7 Å². The average Bonchev–Trinajstić information content (AvgIpc) is 3.06. The number of carbonyl (C=O) groups is 1. The lowest BCUT2D eigenvalue weighted by Crippen LogP contribution is -2.64. The lowest BCUT2D eigenvalue weighted by atomic mass is 9.41. The summed E-state index contributed by atoms with van der Waals surface area (Å²) in [6, 6.07) is 0. The van der Waals surface area contributed by atoms with Gasteiger partial charge in [-0.2, -0.15) is 0 Å². The third-order valence-corrected chi connectivity index (χ3v) is 11.0. The number of hydrogen-bond acceptors (Lipinski definition) is 4. The van der Waals surface area contributed by atoms with Gasteiger partial charge in [0.05, 0.1) is 18.3 Å². The topological polar surface area (TPSA) is 77.8 Å². The summed E-state index contributed by atoms with van der Waals surface area (Å²) in [5.41, 5.74) is -0.0815. The van der Waals surface area contributed by atoms with Crippen molar-refractivity contribution in [2.75, 3.05) is 0 Å². The van der Waals surface area contributed by atoms with Crippen LogP contribution >= 0.6 is 0 Å². The molecule has 0 saturated heterocycles. The molecule has 4 fully saturated rings. The number of hydrogen-bond donors (Lipinski definition) is 3. The van der Waals surface area contributed by atoms with Gasteiger partial charge in [0.15, 0.2) is 0 Å². The summed E-state index contributed by atoms with van der Waals surface area (Å²) in [6.07, 6.45) is 6.58. The van der Waals surface area contributed by atoms with E-state index in [1.807, 2.05) is 6.92 Å². The fourth-order valence-electron chi connectivity index (χ4n) is 9.39. The van der Waals surface area contributed by atoms with E-state index >= 15 is 0 Å². The minimum atomic E-state index is -0.352. The largest absolute Gasteiger partial charge is 0.393 e. The van der Waals surface area contributed by atoms with Gasteiger partial charge in [0, 0.05) is 5.92 Å². The first-order valence-corrected chi connectivity index (χ1v) is 12.5. The molecular weight excluding hydrogens is 376 g/mol. The zero-order valence-corrected chi connectivity index (χ0v) is 19.6. The fourth-order valence-corrected chi connectivity index (χ4v) is 9.39. The second-order valence-corrected chi connectivity index (χ2v) is 12.3. The third-order valence-electron chi connectivity index (χ3n) is 11.0. The molecule has 4 aliphatic carbocycles. The van der Waals surface area contributed by atoms with Crippen molar-refractivity contribution in [3.05, 3.63) is 0 Å². The van der Waals surface area contributed by atoms with Crippen LogP contribution in [-0.4, -0.2) is 39.9 Å². The van der Waals surface area contributed by atoms with Crippen LogP contribution in [0.15, 0.2) is 0 Å². The maximum Gasteiger partial charge on any atom is 0.122 e. The molecular formula is C26H44O4. The molecule has 4 heteroatoms. The smallest absolute Gasteiger partial charge is 0.122 e. The summed E-state index contributed by atoms with van der Waals surface area (Å²) >= 11 is 0. The molecule has 4 unspecified atom stereocenters. The minimum Gasteiger partial charge on any atom is -0.393 e. The molecule has 0 heterocycles. The van der Waals surface area contributed by atoms with Crippen LogP contribution in [0.25, 0.3) is 0 Å². The molecule has 0 spiro atoms. The van der Waals surface area contributed by atoms with Crippen LogP contribution in [0.4, 0.5) is 0 Å². The molecule has 3 N–H and O–H groups in total. The number of aldehydes is 1. The van der Waals surface area contributed by atoms with Crippen molar-refractivity contribution < 1.29 is 20.1 Å². The fraction of sp³-hybridized carbons (Fsp3) is 0.962. The molecule has 0 bridgehead atoms. The van der Waals surface area contributed by atoms with Crippen LogP contribution in [-0.2, 0) is 4.79 Å². The number of carbonyl (C=O) groups excluding carboxylic acids is 1. The van der Waals surface area contributed by atoms with E-state index in [-0.39, 0.29) is 46.9 Å². The highest BCUT2D eigenvalue weighted by atomic mass is 16.3. The zero-order valence-electron chi connectivity index (χ0n) is 19.6. The first-order chi connectivity index (χ1) is 14.1. The van der Waals surface area contributed by atoms with Gasteiger partial charge in [-0.3, -0.25) is 0 Å². The predicted octanol–water partition coefficient (Wildman–Crippen LogP) is 4.06. The molecule has 30 heavy (non-hydrogen) atoms. The van der Waals surface area contributed by atoms with Crippen molar-refractivity contribution in [2.24, 2.45) is 58.2 Å². The second kappa shape index (κ2) is 7.85. The lowest BCUT2D eigenvalue weighted by Gasteiger charge is -2.65. The molecule has 0 radical (unpaired) electrons. The van der Waals surface area contributed by atoms with Gasteiger partial charge in [-0.1, -0.05) is 34.6 Å². The third kappa shape index (κ3) is 3.15. The first-order valence-electron chi connectivity index (χ1n) is 12.5. The van der Waals surface area contributed by atoms with Crippen LogP contribution < -0.4 is 0 Å². The Labute approximate surface area is 182 Å². The second-order valence-electron chi connectivity index (χ2n) is 12.3. The summed E-state index contributed by atoms with van der Waals surface area (Å²) in [5.74, 6) is 2.30. The normalized spacial score (nSPS) is 55.1. The Morgan fingerprint density at radius 1 is 1.00 bits per heavy atom. The van der Waals surface area contributed by atoms with E-state index in [4.69, 9.17) is 0 Å². The molecule has 0 aromatic rings. The highest BCUT2D eigenvalue weighted by molar-refractivity contribution is 5.52. The summed E-state index contributed by atoms with van der Waals surface area (Å²) < 4.78 is 0. The molecule has 4 nitrogen and oxygen atoms in total. The predicted molar refractivity (Wildman–Crippen MR) is 118 cm³/mol. The van der Waals surface area contributed by atoms with Gasteiger partial charge in [-0.05, 0) is 97.2 Å².